The van der Waals surface area contributed by atoms with Crippen LogP contribution in [-0.2, 0) is 19.1 Å². The molecule has 0 unspecified atom stereocenters. The van der Waals surface area contributed by atoms with Crippen LogP contribution in [0.2, 0.25) is 0 Å². The molecule has 0 aromatic carbocycles. The highest BCUT2D eigenvalue weighted by atomic mass is 16.6. The fraction of sp³-hybridized carbons (Fsp3) is 0.727. The van der Waals surface area contributed by atoms with E-state index in [4.69, 9.17) is 9.47 Å². The zero-order chi connectivity index (χ0) is 35.7. The maximum Gasteiger partial charge on any atom is 0.306 e. The quantitative estimate of drug-likeness (QED) is 0.0404. The molecule has 0 aliphatic carbocycles. The summed E-state index contributed by atoms with van der Waals surface area (Å²) in [7, 11) is 0. The Bertz CT molecular complexity index is 869. The monoisotopic (exact) mass is 685 g/mol. The molecule has 0 bridgehead atoms. The van der Waals surface area contributed by atoms with Crippen molar-refractivity contribution in [2.45, 2.75) is 193 Å². The van der Waals surface area contributed by atoms with E-state index in [0.717, 1.165) is 51.4 Å². The van der Waals surface area contributed by atoms with Crippen LogP contribution in [0.3, 0.4) is 0 Å². The lowest BCUT2D eigenvalue weighted by atomic mass is 10.1. The van der Waals surface area contributed by atoms with Crippen LogP contribution in [0.15, 0.2) is 60.8 Å². The molecule has 1 N–H and O–H groups in total. The van der Waals surface area contributed by atoms with Crippen LogP contribution in [0.4, 0.5) is 0 Å². The Morgan fingerprint density at radius 2 is 0.837 bits per heavy atom. The van der Waals surface area contributed by atoms with Crippen molar-refractivity contribution in [3.63, 3.8) is 0 Å². The number of aliphatic hydroxyl groups is 1. The number of ether oxygens (including phenoxy) is 2. The minimum atomic E-state index is -0.799. The maximum atomic E-state index is 12.1. The lowest BCUT2D eigenvalue weighted by Gasteiger charge is -2.15. The van der Waals surface area contributed by atoms with Crippen LogP contribution in [0.5, 0.6) is 0 Å². The van der Waals surface area contributed by atoms with Crippen LogP contribution in [-0.4, -0.2) is 36.4 Å². The predicted molar refractivity (Wildman–Crippen MR) is 210 cm³/mol. The standard InChI is InChI=1S/C44H76O5/c1-3-5-7-9-11-13-15-17-19-20-21-22-23-24-25-27-28-30-32-34-36-38-43(46)48-41-42(40-45)49-44(47)39-37-35-33-31-29-26-18-16-14-12-10-8-6-4-2/h16,18-20,22-23,25,27,30,32,42,45H,3-15,17,21,24,26,28-29,31,33-41H2,1-2H3/b18-16+,20-19+,23-22+,27-25+,32-30+/t42-/m0/s1. The zero-order valence-electron chi connectivity index (χ0n) is 31.9. The summed E-state index contributed by atoms with van der Waals surface area (Å²) >= 11 is 0. The van der Waals surface area contributed by atoms with Crippen molar-refractivity contribution in [3.05, 3.63) is 60.8 Å². The number of carbonyl (C=O) groups excluding carboxylic acids is 2. The molecule has 0 aliphatic rings. The van der Waals surface area contributed by atoms with Gasteiger partial charge < -0.3 is 14.6 Å². The lowest BCUT2D eigenvalue weighted by Crippen LogP contribution is -2.28. The summed E-state index contributed by atoms with van der Waals surface area (Å²) < 4.78 is 10.6. The Balaban J connectivity index is 3.68. The molecule has 49 heavy (non-hydrogen) atoms. The second kappa shape index (κ2) is 40.0. The highest BCUT2D eigenvalue weighted by Gasteiger charge is 2.16. The molecule has 0 amide bonds. The van der Waals surface area contributed by atoms with Gasteiger partial charge in [0.1, 0.15) is 6.61 Å². The number of carbonyl (C=O) groups is 2. The minimum absolute atomic E-state index is 0.0993. The molecule has 282 valence electrons. The molecule has 0 aliphatic heterocycles. The normalized spacial score (nSPS) is 12.8. The average molecular weight is 685 g/mol. The molecule has 5 heteroatoms. The van der Waals surface area contributed by atoms with Crippen LogP contribution >= 0.6 is 0 Å². The maximum absolute atomic E-state index is 12.1. The molecule has 5 nitrogen and oxygen atoms in total. The summed E-state index contributed by atoms with van der Waals surface area (Å²) in [5, 5.41) is 9.54. The van der Waals surface area contributed by atoms with Crippen molar-refractivity contribution in [2.24, 2.45) is 0 Å². The van der Waals surface area contributed by atoms with Crippen molar-refractivity contribution < 1.29 is 24.2 Å². The van der Waals surface area contributed by atoms with Gasteiger partial charge in [-0.25, -0.2) is 0 Å². The Morgan fingerprint density at radius 1 is 0.469 bits per heavy atom. The SMILES string of the molecule is CCCCCCC/C=C/CCCCCCCC(=O)O[C@@H](CO)COC(=O)CCC/C=C/C/C=C/C/C=C/C/C=C/CCCCCCCCC. The van der Waals surface area contributed by atoms with E-state index >= 15 is 0 Å². The Kier molecular flexibility index (Phi) is 38.1. The fourth-order valence-electron chi connectivity index (χ4n) is 5.42. The van der Waals surface area contributed by atoms with Gasteiger partial charge in [-0.1, -0.05) is 158 Å². The van der Waals surface area contributed by atoms with Gasteiger partial charge in [0.05, 0.1) is 6.61 Å². The number of aliphatic hydroxyl groups excluding tert-OH is 1. The van der Waals surface area contributed by atoms with Crippen molar-refractivity contribution in [1.29, 1.82) is 0 Å². The van der Waals surface area contributed by atoms with E-state index in [-0.39, 0.29) is 25.2 Å². The Hall–Kier alpha value is -2.40. The topological polar surface area (TPSA) is 72.8 Å². The second-order valence-corrected chi connectivity index (χ2v) is 13.4. The van der Waals surface area contributed by atoms with Gasteiger partial charge >= 0.3 is 11.9 Å². The first-order valence-corrected chi connectivity index (χ1v) is 20.3. The highest BCUT2D eigenvalue weighted by Crippen LogP contribution is 2.11. The number of hydrogen-bond donors (Lipinski definition) is 1. The van der Waals surface area contributed by atoms with Crippen LogP contribution in [0.1, 0.15) is 187 Å². The third-order valence-corrected chi connectivity index (χ3v) is 8.53. The molecule has 0 heterocycles. The van der Waals surface area contributed by atoms with E-state index in [1.165, 1.54) is 103 Å². The third-order valence-electron chi connectivity index (χ3n) is 8.53. The molecule has 0 saturated heterocycles. The van der Waals surface area contributed by atoms with E-state index in [1.807, 2.05) is 0 Å². The summed E-state index contributed by atoms with van der Waals surface area (Å²) in [6.07, 6.45) is 51.5. The third kappa shape index (κ3) is 38.3. The number of rotatable bonds is 36. The molecule has 0 spiro atoms. The van der Waals surface area contributed by atoms with Gasteiger partial charge in [-0.3, -0.25) is 9.59 Å². The van der Waals surface area contributed by atoms with Gasteiger partial charge in [0, 0.05) is 12.8 Å². The van der Waals surface area contributed by atoms with Gasteiger partial charge in [-0.2, -0.15) is 0 Å². The first kappa shape index (κ1) is 46.6. The molecule has 0 aromatic heterocycles. The summed E-state index contributed by atoms with van der Waals surface area (Å²) in [5.74, 6) is -0.669. The second-order valence-electron chi connectivity index (χ2n) is 13.4. The van der Waals surface area contributed by atoms with E-state index in [9.17, 15) is 14.7 Å². The van der Waals surface area contributed by atoms with Crippen LogP contribution in [0, 0.1) is 0 Å². The zero-order valence-corrected chi connectivity index (χ0v) is 31.9. The summed E-state index contributed by atoms with van der Waals surface area (Å²) in [5.41, 5.74) is 0. The van der Waals surface area contributed by atoms with E-state index in [0.29, 0.717) is 19.3 Å². The van der Waals surface area contributed by atoms with E-state index < -0.39 is 6.10 Å². The van der Waals surface area contributed by atoms with Crippen LogP contribution < -0.4 is 0 Å². The Labute approximate surface area is 302 Å². The molecule has 0 rings (SSSR count). The molecule has 0 radical (unpaired) electrons. The van der Waals surface area contributed by atoms with E-state index in [2.05, 4.69) is 74.6 Å². The number of esters is 2. The summed E-state index contributed by atoms with van der Waals surface area (Å²) in [4.78, 5) is 24.2. The number of hydrogen-bond acceptors (Lipinski definition) is 5. The van der Waals surface area contributed by atoms with Crippen molar-refractivity contribution in [2.75, 3.05) is 13.2 Å². The molecule has 1 atom stereocenters. The predicted octanol–water partition coefficient (Wildman–Crippen LogP) is 12.8. The van der Waals surface area contributed by atoms with Gasteiger partial charge in [-0.05, 0) is 77.0 Å². The van der Waals surface area contributed by atoms with E-state index in [1.54, 1.807) is 0 Å². The lowest BCUT2D eigenvalue weighted by molar-refractivity contribution is -0.161. The number of unbranched alkanes of at least 4 members (excludes halogenated alkanes) is 18. The summed E-state index contributed by atoms with van der Waals surface area (Å²) in [6, 6.07) is 0. The minimum Gasteiger partial charge on any atom is -0.462 e. The van der Waals surface area contributed by atoms with Gasteiger partial charge in [-0.15, -0.1) is 0 Å². The van der Waals surface area contributed by atoms with Crippen molar-refractivity contribution >= 4 is 11.9 Å². The first-order chi connectivity index (χ1) is 24.1. The largest absolute Gasteiger partial charge is 0.462 e. The van der Waals surface area contributed by atoms with Crippen LogP contribution in [0.25, 0.3) is 0 Å². The molecule has 0 saturated carbocycles. The molecule has 0 fully saturated rings. The summed E-state index contributed by atoms with van der Waals surface area (Å²) in [6.45, 7) is 4.06. The molecule has 0 aromatic rings. The molecular weight excluding hydrogens is 608 g/mol. The average Bonchev–Trinajstić information content (AvgIpc) is 3.10. The van der Waals surface area contributed by atoms with Crippen molar-refractivity contribution in [1.82, 2.24) is 0 Å². The van der Waals surface area contributed by atoms with Gasteiger partial charge in [0.15, 0.2) is 6.10 Å². The highest BCUT2D eigenvalue weighted by molar-refractivity contribution is 5.70. The first-order valence-electron chi connectivity index (χ1n) is 20.3. The van der Waals surface area contributed by atoms with Crippen molar-refractivity contribution in [3.8, 4) is 0 Å². The van der Waals surface area contributed by atoms with Gasteiger partial charge in [0.25, 0.3) is 0 Å². The molecular formula is C44H76O5. The number of allylic oxidation sites excluding steroid dienone is 10. The van der Waals surface area contributed by atoms with Gasteiger partial charge in [0.2, 0.25) is 0 Å². The fourth-order valence-corrected chi connectivity index (χ4v) is 5.42. The smallest absolute Gasteiger partial charge is 0.306 e. The Morgan fingerprint density at radius 3 is 1.31 bits per heavy atom.